The van der Waals surface area contributed by atoms with Crippen molar-refractivity contribution in [1.82, 2.24) is 15.2 Å². The molecule has 1 aromatic carbocycles. The number of amidine groups is 1. The van der Waals surface area contributed by atoms with E-state index >= 15 is 0 Å². The lowest BCUT2D eigenvalue weighted by atomic mass is 10.1. The van der Waals surface area contributed by atoms with E-state index < -0.39 is 5.97 Å². The molecule has 2 aliphatic heterocycles. The van der Waals surface area contributed by atoms with Gasteiger partial charge in [-0.3, -0.25) is 14.7 Å². The second kappa shape index (κ2) is 15.6. The van der Waals surface area contributed by atoms with Crippen LogP contribution in [0.25, 0.3) is 0 Å². The number of ether oxygens (including phenoxy) is 2. The van der Waals surface area contributed by atoms with Gasteiger partial charge in [-0.2, -0.15) is 0 Å². The summed E-state index contributed by atoms with van der Waals surface area (Å²) in [7, 11) is 1.39. The van der Waals surface area contributed by atoms with Gasteiger partial charge < -0.3 is 19.9 Å². The fourth-order valence-corrected chi connectivity index (χ4v) is 4.17. The Hall–Kier alpha value is -2.50. The highest BCUT2D eigenvalue weighted by atomic mass is 35.5. The maximum atomic E-state index is 12.0. The standard InChI is InChI=1S/C15H20N4O3S.C6H4Cl2.C3H6O2/c1-10-8-19(4-5-22-10)9-12-11(15(20)21-2)7-17-13(18-12)14-16-3-6-23-14;7-5-2-1-3-6(8)4-5;1-2-3(4)5/h3,6,10H,4-5,7-9H2,1-2H3,(H,17,18);1-4H;2H2,1H3,(H,4,5). The molecule has 2 aliphatic rings. The summed E-state index contributed by atoms with van der Waals surface area (Å²) in [6.07, 6.45) is 2.16. The van der Waals surface area contributed by atoms with E-state index in [2.05, 4.69) is 27.1 Å². The molecule has 1 unspecified atom stereocenters. The highest BCUT2D eigenvalue weighted by Crippen LogP contribution is 2.17. The summed E-state index contributed by atoms with van der Waals surface area (Å²) < 4.78 is 10.5. The minimum Gasteiger partial charge on any atom is -0.481 e. The fraction of sp³-hybridized carbons (Fsp3) is 0.417. The maximum absolute atomic E-state index is 12.0. The van der Waals surface area contributed by atoms with Gasteiger partial charge in [0.2, 0.25) is 0 Å². The Kier molecular flexibility index (Phi) is 12.9. The molecule has 1 atom stereocenters. The summed E-state index contributed by atoms with van der Waals surface area (Å²) in [5, 5.41) is 15.1. The van der Waals surface area contributed by atoms with Gasteiger partial charge in [0.1, 0.15) is 0 Å². The topological polar surface area (TPSA) is 113 Å². The zero-order valence-electron chi connectivity index (χ0n) is 20.4. The van der Waals surface area contributed by atoms with E-state index in [0.717, 1.165) is 23.8 Å². The van der Waals surface area contributed by atoms with Crippen LogP contribution in [0.3, 0.4) is 0 Å². The Balaban J connectivity index is 0.000000288. The van der Waals surface area contributed by atoms with Crippen LogP contribution in [0.1, 0.15) is 25.3 Å². The fourth-order valence-electron chi connectivity index (χ4n) is 3.14. The third kappa shape index (κ3) is 10.2. The van der Waals surface area contributed by atoms with Gasteiger partial charge in [-0.25, -0.2) is 9.78 Å². The Morgan fingerprint density at radius 2 is 2.03 bits per heavy atom. The number of aliphatic imine (C=N–C) groups is 1. The summed E-state index contributed by atoms with van der Waals surface area (Å²) in [5.41, 5.74) is 1.41. The van der Waals surface area contributed by atoms with Crippen LogP contribution in [0.5, 0.6) is 0 Å². The molecule has 3 heterocycles. The van der Waals surface area contributed by atoms with Crippen molar-refractivity contribution in [3.8, 4) is 0 Å². The molecule has 1 aromatic heterocycles. The first kappa shape index (κ1) is 29.7. The summed E-state index contributed by atoms with van der Waals surface area (Å²) in [5.74, 6) is -0.371. The van der Waals surface area contributed by atoms with E-state index in [1.807, 2.05) is 11.4 Å². The number of thiazole rings is 1. The number of benzene rings is 1. The number of aliphatic carboxylic acids is 1. The van der Waals surface area contributed by atoms with E-state index in [1.165, 1.54) is 18.4 Å². The van der Waals surface area contributed by atoms with Gasteiger partial charge in [0.25, 0.3) is 0 Å². The lowest BCUT2D eigenvalue weighted by molar-refractivity contribution is -0.137. The number of carbonyl (C=O) groups excluding carboxylic acids is 1. The van der Waals surface area contributed by atoms with Crippen LogP contribution in [0.2, 0.25) is 10.0 Å². The number of nitrogens with zero attached hydrogens (tertiary/aromatic N) is 3. The number of halogens is 2. The monoisotopic (exact) mass is 556 g/mol. The molecule has 9 nitrogen and oxygen atoms in total. The van der Waals surface area contributed by atoms with Gasteiger partial charge >= 0.3 is 11.9 Å². The van der Waals surface area contributed by atoms with Gasteiger partial charge in [-0.05, 0) is 25.1 Å². The molecule has 0 aliphatic carbocycles. The zero-order chi connectivity index (χ0) is 26.5. The average molecular weight is 558 g/mol. The van der Waals surface area contributed by atoms with Crippen molar-refractivity contribution in [3.05, 3.63) is 62.2 Å². The Bertz CT molecular complexity index is 1050. The second-order valence-corrected chi connectivity index (χ2v) is 9.45. The van der Waals surface area contributed by atoms with Gasteiger partial charge in [-0.1, -0.05) is 36.2 Å². The van der Waals surface area contributed by atoms with Crippen LogP contribution in [0.4, 0.5) is 0 Å². The molecule has 36 heavy (non-hydrogen) atoms. The predicted molar refractivity (Wildman–Crippen MR) is 142 cm³/mol. The van der Waals surface area contributed by atoms with Crippen LogP contribution in [0, 0.1) is 0 Å². The Morgan fingerprint density at radius 3 is 2.53 bits per heavy atom. The number of morpholine rings is 1. The van der Waals surface area contributed by atoms with Crippen LogP contribution < -0.4 is 5.32 Å². The predicted octanol–water partition coefficient (Wildman–Crippen LogP) is 4.12. The summed E-state index contributed by atoms with van der Waals surface area (Å²) in [6, 6.07) is 7.08. The molecule has 0 saturated carbocycles. The molecule has 0 amide bonds. The number of hydrogen-bond acceptors (Lipinski definition) is 9. The van der Waals surface area contributed by atoms with Crippen molar-refractivity contribution in [2.45, 2.75) is 26.4 Å². The second-order valence-electron chi connectivity index (χ2n) is 7.68. The first-order chi connectivity index (χ1) is 17.2. The third-order valence-corrected chi connectivity index (χ3v) is 6.14. The molecule has 4 rings (SSSR count). The number of aromatic nitrogens is 1. The first-order valence-corrected chi connectivity index (χ1v) is 12.9. The molecule has 196 valence electrons. The molecule has 1 fully saturated rings. The number of nitrogens with one attached hydrogen (secondary N) is 1. The van der Waals surface area contributed by atoms with Gasteiger partial charge in [0.05, 0.1) is 31.9 Å². The number of rotatable bonds is 5. The van der Waals surface area contributed by atoms with Crippen molar-refractivity contribution in [2.75, 3.05) is 39.9 Å². The average Bonchev–Trinajstić information content (AvgIpc) is 3.39. The van der Waals surface area contributed by atoms with Gasteiger partial charge in [0.15, 0.2) is 10.8 Å². The number of esters is 1. The highest BCUT2D eigenvalue weighted by molar-refractivity contribution is 7.11. The number of hydrogen-bond donors (Lipinski definition) is 2. The molecular weight excluding hydrogens is 527 g/mol. The summed E-state index contributed by atoms with van der Waals surface area (Å²) in [4.78, 5) is 32.4. The minimum absolute atomic E-state index is 0.196. The Morgan fingerprint density at radius 1 is 1.33 bits per heavy atom. The van der Waals surface area contributed by atoms with Crippen molar-refractivity contribution >= 4 is 52.3 Å². The lowest BCUT2D eigenvalue weighted by Gasteiger charge is -2.33. The third-order valence-electron chi connectivity index (χ3n) is 4.89. The quantitative estimate of drug-likeness (QED) is 0.529. The van der Waals surface area contributed by atoms with Crippen molar-refractivity contribution in [2.24, 2.45) is 4.99 Å². The normalized spacial score (nSPS) is 17.5. The largest absolute Gasteiger partial charge is 0.481 e. The van der Waals surface area contributed by atoms with Gasteiger partial charge in [0, 0.05) is 53.4 Å². The van der Waals surface area contributed by atoms with Crippen molar-refractivity contribution < 1.29 is 24.2 Å². The van der Waals surface area contributed by atoms with Gasteiger partial charge in [-0.15, -0.1) is 11.3 Å². The van der Waals surface area contributed by atoms with Crippen LogP contribution in [-0.2, 0) is 19.1 Å². The molecule has 2 N–H and O–H groups in total. The molecule has 0 bridgehead atoms. The zero-order valence-corrected chi connectivity index (χ0v) is 22.7. The number of methoxy groups -OCH3 is 1. The lowest BCUT2D eigenvalue weighted by Crippen LogP contribution is -2.45. The van der Waals surface area contributed by atoms with Crippen LogP contribution in [-0.4, -0.2) is 78.8 Å². The van der Waals surface area contributed by atoms with E-state index in [4.69, 9.17) is 37.8 Å². The van der Waals surface area contributed by atoms with Crippen molar-refractivity contribution in [3.63, 3.8) is 0 Å². The van der Waals surface area contributed by atoms with Crippen molar-refractivity contribution in [1.29, 1.82) is 0 Å². The summed E-state index contributed by atoms with van der Waals surface area (Å²) in [6.45, 7) is 6.99. The van der Waals surface area contributed by atoms with Crippen LogP contribution >= 0.6 is 34.5 Å². The number of carbonyl (C=O) groups is 2. The highest BCUT2D eigenvalue weighted by Gasteiger charge is 2.26. The molecular formula is C24H30Cl2N4O5S. The van der Waals surface area contributed by atoms with E-state index in [1.54, 1.807) is 31.3 Å². The first-order valence-electron chi connectivity index (χ1n) is 11.2. The number of carboxylic acid groups (broad SMARTS) is 1. The van der Waals surface area contributed by atoms with E-state index in [0.29, 0.717) is 41.2 Å². The molecule has 12 heteroatoms. The minimum atomic E-state index is -0.745. The molecule has 1 saturated heterocycles. The molecule has 0 radical (unpaired) electrons. The SMILES string of the molecule is CCC(=O)O.COC(=O)C1=C(CN2CCOC(C)C2)NC(c2nccs2)=NC1.Clc1cccc(Cl)c1. The number of carboxylic acids is 1. The molecule has 0 spiro atoms. The molecule has 2 aromatic rings. The Labute approximate surface area is 224 Å². The smallest absolute Gasteiger partial charge is 0.337 e. The van der Waals surface area contributed by atoms with E-state index in [9.17, 15) is 9.59 Å². The maximum Gasteiger partial charge on any atom is 0.337 e. The van der Waals surface area contributed by atoms with Crippen LogP contribution in [0.15, 0.2) is 52.1 Å². The van der Waals surface area contributed by atoms with E-state index in [-0.39, 0.29) is 18.5 Å². The summed E-state index contributed by atoms with van der Waals surface area (Å²) >= 11 is 12.6.